The maximum atomic E-state index is 13.7. The number of hydrogen-bond donors (Lipinski definition) is 0. The summed E-state index contributed by atoms with van der Waals surface area (Å²) in [4.78, 5) is 33.2. The van der Waals surface area contributed by atoms with Crippen molar-refractivity contribution in [3.05, 3.63) is 64.7 Å². The van der Waals surface area contributed by atoms with Crippen LogP contribution in [0, 0.1) is 5.92 Å². The van der Waals surface area contributed by atoms with Gasteiger partial charge in [0.15, 0.2) is 0 Å². The molecule has 35 heavy (non-hydrogen) atoms. The Morgan fingerprint density at radius 3 is 2.43 bits per heavy atom. The summed E-state index contributed by atoms with van der Waals surface area (Å²) < 4.78 is 0. The normalized spacial score (nSPS) is 23.4. The van der Waals surface area contributed by atoms with Gasteiger partial charge in [0.25, 0.3) is 0 Å². The van der Waals surface area contributed by atoms with E-state index in [0.29, 0.717) is 30.1 Å². The Morgan fingerprint density at radius 2 is 1.69 bits per heavy atom. The molecule has 2 aromatic rings. The van der Waals surface area contributed by atoms with Gasteiger partial charge in [-0.05, 0) is 67.3 Å². The highest BCUT2D eigenvalue weighted by Crippen LogP contribution is 2.36. The third-order valence-electron chi connectivity index (χ3n) is 7.94. The number of piperidine rings is 1. The van der Waals surface area contributed by atoms with Crippen molar-refractivity contribution in [1.82, 2.24) is 9.80 Å². The molecule has 1 saturated carbocycles. The molecular weight excluding hydrogens is 458 g/mol. The van der Waals surface area contributed by atoms with Gasteiger partial charge in [-0.3, -0.25) is 14.5 Å². The van der Waals surface area contributed by atoms with Crippen LogP contribution in [0.4, 0.5) is 5.69 Å². The number of amides is 2. The molecule has 2 bridgehead atoms. The molecule has 2 atom stereocenters. The van der Waals surface area contributed by atoms with Gasteiger partial charge in [0.05, 0.1) is 6.42 Å². The molecule has 5 rings (SSSR count). The summed E-state index contributed by atoms with van der Waals surface area (Å²) in [6.07, 6.45) is 7.47. The SMILES string of the molecule is CC(=O)N1CCC2CCCC(CN(C(=O)Cc3ccc(Cl)cc3)Cc3ccccc31)N2CC1CC1. The van der Waals surface area contributed by atoms with Gasteiger partial charge >= 0.3 is 0 Å². The van der Waals surface area contributed by atoms with E-state index in [1.54, 1.807) is 6.92 Å². The molecule has 2 aromatic carbocycles. The van der Waals surface area contributed by atoms with Crippen molar-refractivity contribution in [3.63, 3.8) is 0 Å². The van der Waals surface area contributed by atoms with Crippen molar-refractivity contribution in [2.24, 2.45) is 5.92 Å². The summed E-state index contributed by atoms with van der Waals surface area (Å²) in [5, 5.41) is 0.679. The fourth-order valence-electron chi connectivity index (χ4n) is 5.86. The molecule has 0 radical (unpaired) electrons. The molecule has 2 heterocycles. The second-order valence-electron chi connectivity index (χ2n) is 10.5. The largest absolute Gasteiger partial charge is 0.336 e. The summed E-state index contributed by atoms with van der Waals surface area (Å²) >= 11 is 6.07. The Bertz CT molecular complexity index is 1050. The average molecular weight is 494 g/mol. The number of hydrogen-bond acceptors (Lipinski definition) is 3. The van der Waals surface area contributed by atoms with Crippen LogP contribution in [0.25, 0.3) is 0 Å². The van der Waals surface area contributed by atoms with Gasteiger partial charge in [-0.15, -0.1) is 0 Å². The molecule has 2 aliphatic heterocycles. The van der Waals surface area contributed by atoms with Gasteiger partial charge in [-0.2, -0.15) is 0 Å². The molecule has 0 aromatic heterocycles. The van der Waals surface area contributed by atoms with E-state index in [4.69, 9.17) is 11.6 Å². The van der Waals surface area contributed by atoms with Gasteiger partial charge in [-0.25, -0.2) is 0 Å². The first-order chi connectivity index (χ1) is 17.0. The van der Waals surface area contributed by atoms with Gasteiger partial charge in [0.2, 0.25) is 11.8 Å². The highest BCUT2D eigenvalue weighted by molar-refractivity contribution is 6.30. The second kappa shape index (κ2) is 10.7. The zero-order chi connectivity index (χ0) is 24.4. The van der Waals surface area contributed by atoms with Crippen LogP contribution in [0.1, 0.15) is 56.6 Å². The van der Waals surface area contributed by atoms with Gasteiger partial charge < -0.3 is 9.80 Å². The predicted octanol–water partition coefficient (Wildman–Crippen LogP) is 5.30. The number of para-hydroxylation sites is 1. The van der Waals surface area contributed by atoms with E-state index in [2.05, 4.69) is 11.0 Å². The Morgan fingerprint density at radius 1 is 0.943 bits per heavy atom. The van der Waals surface area contributed by atoms with E-state index >= 15 is 0 Å². The molecule has 2 amide bonds. The predicted molar refractivity (Wildman–Crippen MR) is 141 cm³/mol. The van der Waals surface area contributed by atoms with Crippen LogP contribution in [-0.4, -0.2) is 53.3 Å². The number of benzene rings is 2. The number of fused-ring (bicyclic) bond motifs is 3. The molecule has 3 aliphatic rings. The molecule has 2 unspecified atom stereocenters. The van der Waals surface area contributed by atoms with E-state index in [1.165, 1.54) is 25.7 Å². The topological polar surface area (TPSA) is 43.9 Å². The first-order valence-corrected chi connectivity index (χ1v) is 13.5. The monoisotopic (exact) mass is 493 g/mol. The highest BCUT2D eigenvalue weighted by atomic mass is 35.5. The van der Waals surface area contributed by atoms with Crippen LogP contribution < -0.4 is 4.90 Å². The summed E-state index contributed by atoms with van der Waals surface area (Å²) in [6, 6.07) is 16.5. The summed E-state index contributed by atoms with van der Waals surface area (Å²) in [7, 11) is 0. The summed E-state index contributed by atoms with van der Waals surface area (Å²) in [6.45, 7) is 4.77. The fourth-order valence-corrected chi connectivity index (χ4v) is 5.98. The standard InChI is InChI=1S/C29H36ClN3O2/c1-21(34)32-16-15-26-6-4-7-27(33(26)18-23-9-10-23)20-31(19-24-5-2-3-8-28(24)32)29(35)17-22-11-13-25(30)14-12-22/h2-3,5,8,11-14,23,26-27H,4,6-7,9-10,15-20H2,1H3. The highest BCUT2D eigenvalue weighted by Gasteiger charge is 2.37. The molecule has 2 fully saturated rings. The van der Waals surface area contributed by atoms with Crippen LogP contribution in [0.3, 0.4) is 0 Å². The van der Waals surface area contributed by atoms with E-state index in [9.17, 15) is 9.59 Å². The lowest BCUT2D eigenvalue weighted by atomic mass is 9.92. The maximum Gasteiger partial charge on any atom is 0.227 e. The molecule has 0 spiro atoms. The molecule has 6 heteroatoms. The fraction of sp³-hybridized carbons (Fsp3) is 0.517. The lowest BCUT2D eigenvalue weighted by Crippen LogP contribution is -2.53. The summed E-state index contributed by atoms with van der Waals surface area (Å²) in [5.74, 6) is 0.989. The van der Waals surface area contributed by atoms with Crippen molar-refractivity contribution in [2.45, 2.75) is 70.5 Å². The van der Waals surface area contributed by atoms with Gasteiger partial charge in [0, 0.05) is 55.9 Å². The quantitative estimate of drug-likeness (QED) is 0.580. The lowest BCUT2D eigenvalue weighted by Gasteiger charge is -2.44. The minimum absolute atomic E-state index is 0.0665. The zero-order valence-electron chi connectivity index (χ0n) is 20.7. The number of carbonyl (C=O) groups is 2. The van der Waals surface area contributed by atoms with Crippen molar-refractivity contribution in [2.75, 3.05) is 24.5 Å². The van der Waals surface area contributed by atoms with E-state index in [1.807, 2.05) is 52.3 Å². The van der Waals surface area contributed by atoms with Gasteiger partial charge in [0.1, 0.15) is 0 Å². The Kier molecular flexibility index (Phi) is 7.45. The van der Waals surface area contributed by atoms with Crippen molar-refractivity contribution < 1.29 is 9.59 Å². The molecule has 0 N–H and O–H groups in total. The Balaban J connectivity index is 1.49. The van der Waals surface area contributed by atoms with E-state index in [-0.39, 0.29) is 11.8 Å². The lowest BCUT2D eigenvalue weighted by molar-refractivity contribution is -0.132. The Labute approximate surface area is 214 Å². The van der Waals surface area contributed by atoms with Crippen LogP contribution >= 0.6 is 11.6 Å². The number of anilines is 1. The molecular formula is C29H36ClN3O2. The van der Waals surface area contributed by atoms with E-state index < -0.39 is 0 Å². The first-order valence-electron chi connectivity index (χ1n) is 13.1. The van der Waals surface area contributed by atoms with Crippen molar-refractivity contribution in [1.29, 1.82) is 0 Å². The molecule has 1 aliphatic carbocycles. The zero-order valence-corrected chi connectivity index (χ0v) is 21.4. The summed E-state index contributed by atoms with van der Waals surface area (Å²) in [5.41, 5.74) is 2.95. The second-order valence-corrected chi connectivity index (χ2v) is 11.0. The number of carbonyl (C=O) groups excluding carboxylic acids is 2. The third kappa shape index (κ3) is 5.90. The average Bonchev–Trinajstić information content (AvgIpc) is 3.66. The number of nitrogens with zero attached hydrogens (tertiary/aromatic N) is 3. The van der Waals surface area contributed by atoms with Crippen LogP contribution in [0.5, 0.6) is 0 Å². The molecule has 5 nitrogen and oxygen atoms in total. The molecule has 1 saturated heterocycles. The number of rotatable bonds is 4. The smallest absolute Gasteiger partial charge is 0.227 e. The van der Waals surface area contributed by atoms with Crippen LogP contribution in [-0.2, 0) is 22.6 Å². The third-order valence-corrected chi connectivity index (χ3v) is 8.19. The maximum absolute atomic E-state index is 13.7. The van der Waals surface area contributed by atoms with Crippen molar-refractivity contribution in [3.8, 4) is 0 Å². The Hall–Kier alpha value is -2.37. The minimum Gasteiger partial charge on any atom is -0.336 e. The van der Waals surface area contributed by atoms with Gasteiger partial charge in [-0.1, -0.05) is 48.4 Å². The van der Waals surface area contributed by atoms with Crippen LogP contribution in [0.2, 0.25) is 5.02 Å². The number of halogens is 1. The minimum atomic E-state index is 0.0665. The first kappa shape index (κ1) is 24.3. The van der Waals surface area contributed by atoms with Crippen LogP contribution in [0.15, 0.2) is 48.5 Å². The van der Waals surface area contributed by atoms with E-state index in [0.717, 1.165) is 55.2 Å². The van der Waals surface area contributed by atoms with Crippen molar-refractivity contribution >= 4 is 29.1 Å². The molecule has 186 valence electrons.